The first kappa shape index (κ1) is 14.0. The fraction of sp³-hybridized carbons (Fsp3) is 0.769. The van der Waals surface area contributed by atoms with E-state index >= 15 is 0 Å². The van der Waals surface area contributed by atoms with Crippen LogP contribution in [0.25, 0.3) is 0 Å². The van der Waals surface area contributed by atoms with Crippen LogP contribution >= 0.6 is 23.1 Å². The lowest BCUT2D eigenvalue weighted by atomic mass is 9.93. The number of aromatic nitrogens is 1. The molecule has 1 heterocycles. The topological polar surface area (TPSA) is 12.9 Å². The summed E-state index contributed by atoms with van der Waals surface area (Å²) in [4.78, 5) is 4.70. The molecule has 0 aliphatic heterocycles. The molecule has 3 heteroatoms. The van der Waals surface area contributed by atoms with Gasteiger partial charge in [-0.2, -0.15) is 11.8 Å². The molecule has 1 nitrogen and oxygen atoms in total. The highest BCUT2D eigenvalue weighted by molar-refractivity contribution is 7.99. The second-order valence-electron chi connectivity index (χ2n) is 5.60. The van der Waals surface area contributed by atoms with Crippen molar-refractivity contribution in [2.75, 3.05) is 11.5 Å². The van der Waals surface area contributed by atoms with E-state index in [1.54, 1.807) is 0 Å². The van der Waals surface area contributed by atoms with Crippen molar-refractivity contribution in [2.45, 2.75) is 46.5 Å². The number of nitrogens with zero attached hydrogens (tertiary/aromatic N) is 1. The van der Waals surface area contributed by atoms with E-state index in [1.165, 1.54) is 22.2 Å². The Kier molecular flexibility index (Phi) is 5.32. The van der Waals surface area contributed by atoms with Crippen LogP contribution in [0.15, 0.2) is 5.38 Å². The highest BCUT2D eigenvalue weighted by Crippen LogP contribution is 2.24. The van der Waals surface area contributed by atoms with Gasteiger partial charge in [-0.3, -0.25) is 0 Å². The van der Waals surface area contributed by atoms with Gasteiger partial charge >= 0.3 is 0 Å². The van der Waals surface area contributed by atoms with Gasteiger partial charge < -0.3 is 0 Å². The van der Waals surface area contributed by atoms with E-state index in [2.05, 4.69) is 40.0 Å². The van der Waals surface area contributed by atoms with Crippen molar-refractivity contribution >= 4 is 23.1 Å². The summed E-state index contributed by atoms with van der Waals surface area (Å²) in [5, 5.41) is 3.50. The molecule has 1 aromatic heterocycles. The monoisotopic (exact) mass is 257 g/mol. The number of rotatable bonds is 5. The zero-order chi connectivity index (χ0) is 12.2. The minimum absolute atomic E-state index is 0.194. The lowest BCUT2D eigenvalue weighted by Gasteiger charge is -2.14. The maximum Gasteiger partial charge on any atom is 0.0936 e. The molecule has 16 heavy (non-hydrogen) atoms. The van der Waals surface area contributed by atoms with Gasteiger partial charge in [0.15, 0.2) is 0 Å². The van der Waals surface area contributed by atoms with E-state index in [0.29, 0.717) is 0 Å². The molecule has 0 fully saturated rings. The molecule has 0 N–H and O–H groups in total. The fourth-order valence-corrected chi connectivity index (χ4v) is 3.38. The van der Waals surface area contributed by atoms with Gasteiger partial charge in [0.05, 0.1) is 10.7 Å². The third kappa shape index (κ3) is 4.88. The summed E-state index contributed by atoms with van der Waals surface area (Å²) in [6.45, 7) is 11.2. The van der Waals surface area contributed by atoms with Gasteiger partial charge in [0.1, 0.15) is 0 Å². The first-order chi connectivity index (χ1) is 7.39. The Labute approximate surface area is 108 Å². The Morgan fingerprint density at radius 1 is 1.38 bits per heavy atom. The van der Waals surface area contributed by atoms with Gasteiger partial charge in [-0.05, 0) is 17.4 Å². The van der Waals surface area contributed by atoms with Crippen LogP contribution in [0.4, 0.5) is 0 Å². The molecule has 0 aliphatic carbocycles. The third-order valence-electron chi connectivity index (χ3n) is 2.23. The van der Waals surface area contributed by atoms with Crippen LogP contribution in [-0.2, 0) is 11.8 Å². The average molecular weight is 257 g/mol. The molecule has 0 bridgehead atoms. The predicted octanol–water partition coefficient (Wildman–Crippen LogP) is 4.37. The maximum atomic E-state index is 4.70. The van der Waals surface area contributed by atoms with Crippen LogP contribution in [-0.4, -0.2) is 16.5 Å². The van der Waals surface area contributed by atoms with Gasteiger partial charge in [-0.25, -0.2) is 4.98 Å². The Hall–Kier alpha value is -0.0200. The molecular weight excluding hydrogens is 234 g/mol. The Morgan fingerprint density at radius 2 is 2.06 bits per heavy atom. The van der Waals surface area contributed by atoms with Crippen molar-refractivity contribution in [3.05, 3.63) is 16.1 Å². The zero-order valence-electron chi connectivity index (χ0n) is 11.0. The van der Waals surface area contributed by atoms with E-state index in [1.807, 2.05) is 23.1 Å². The highest BCUT2D eigenvalue weighted by Gasteiger charge is 2.17. The second-order valence-corrected chi connectivity index (χ2v) is 7.69. The van der Waals surface area contributed by atoms with E-state index in [4.69, 9.17) is 4.98 Å². The van der Waals surface area contributed by atoms with Crippen LogP contribution in [0.1, 0.15) is 45.3 Å². The maximum absolute atomic E-state index is 4.70. The number of thioether (sulfide) groups is 1. The SMILES string of the molecule is CC(C)CSCCc1nc(C(C)(C)C)cs1. The molecule has 0 unspecified atom stereocenters. The smallest absolute Gasteiger partial charge is 0.0936 e. The van der Waals surface area contributed by atoms with Crippen LogP contribution in [0, 0.1) is 5.92 Å². The van der Waals surface area contributed by atoms with Crippen molar-refractivity contribution in [2.24, 2.45) is 5.92 Å². The van der Waals surface area contributed by atoms with Crippen molar-refractivity contribution in [3.63, 3.8) is 0 Å². The summed E-state index contributed by atoms with van der Waals surface area (Å²) in [7, 11) is 0. The van der Waals surface area contributed by atoms with Gasteiger partial charge in [-0.1, -0.05) is 34.6 Å². The molecule has 0 atom stereocenters. The van der Waals surface area contributed by atoms with E-state index in [0.717, 1.165) is 12.3 Å². The van der Waals surface area contributed by atoms with Crippen molar-refractivity contribution in [1.82, 2.24) is 4.98 Å². The van der Waals surface area contributed by atoms with Gasteiger partial charge in [0.25, 0.3) is 0 Å². The number of aryl methyl sites for hydroxylation is 1. The van der Waals surface area contributed by atoms with Crippen molar-refractivity contribution < 1.29 is 0 Å². The predicted molar refractivity (Wildman–Crippen MR) is 76.7 cm³/mol. The van der Waals surface area contributed by atoms with Gasteiger partial charge in [-0.15, -0.1) is 11.3 Å². The van der Waals surface area contributed by atoms with Crippen molar-refractivity contribution in [3.8, 4) is 0 Å². The normalized spacial score (nSPS) is 12.4. The molecule has 92 valence electrons. The quantitative estimate of drug-likeness (QED) is 0.726. The summed E-state index contributed by atoms with van der Waals surface area (Å²) in [5.74, 6) is 3.26. The minimum atomic E-state index is 0.194. The molecule has 0 aliphatic rings. The summed E-state index contributed by atoms with van der Waals surface area (Å²) >= 11 is 3.85. The molecular formula is C13H23NS2. The summed E-state index contributed by atoms with van der Waals surface area (Å²) in [5.41, 5.74) is 1.43. The Bertz CT molecular complexity index is 310. The lowest BCUT2D eigenvalue weighted by Crippen LogP contribution is -2.11. The number of thiazole rings is 1. The Morgan fingerprint density at radius 3 is 2.56 bits per heavy atom. The zero-order valence-corrected chi connectivity index (χ0v) is 12.7. The van der Waals surface area contributed by atoms with Gasteiger partial charge in [0, 0.05) is 17.2 Å². The fourth-order valence-electron chi connectivity index (χ4n) is 1.25. The second kappa shape index (κ2) is 6.06. The minimum Gasteiger partial charge on any atom is -0.246 e. The first-order valence-corrected chi connectivity index (χ1v) is 7.95. The molecule has 1 aromatic rings. The standard InChI is InChI=1S/C13H23NS2/c1-10(2)8-15-7-6-12-14-11(9-16-12)13(3,4)5/h9-10H,6-8H2,1-5H3. The number of hydrogen-bond donors (Lipinski definition) is 0. The first-order valence-electron chi connectivity index (χ1n) is 5.92. The highest BCUT2D eigenvalue weighted by atomic mass is 32.2. The molecule has 0 saturated heterocycles. The summed E-state index contributed by atoms with van der Waals surface area (Å²) < 4.78 is 0. The van der Waals surface area contributed by atoms with E-state index < -0.39 is 0 Å². The molecule has 0 spiro atoms. The summed E-state index contributed by atoms with van der Waals surface area (Å²) in [6, 6.07) is 0. The van der Waals surface area contributed by atoms with Crippen LogP contribution in [0.3, 0.4) is 0 Å². The lowest BCUT2D eigenvalue weighted by molar-refractivity contribution is 0.571. The molecule has 0 amide bonds. The van der Waals surface area contributed by atoms with Crippen LogP contribution in [0.2, 0.25) is 0 Å². The average Bonchev–Trinajstić information content (AvgIpc) is 2.59. The van der Waals surface area contributed by atoms with Crippen molar-refractivity contribution in [1.29, 1.82) is 0 Å². The van der Waals surface area contributed by atoms with Gasteiger partial charge in [0.2, 0.25) is 0 Å². The molecule has 1 rings (SSSR count). The number of hydrogen-bond acceptors (Lipinski definition) is 3. The van der Waals surface area contributed by atoms with E-state index in [9.17, 15) is 0 Å². The Balaban J connectivity index is 2.36. The molecule has 0 aromatic carbocycles. The largest absolute Gasteiger partial charge is 0.246 e. The van der Waals surface area contributed by atoms with Crippen LogP contribution < -0.4 is 0 Å². The molecule has 0 radical (unpaired) electrons. The molecule has 0 saturated carbocycles. The summed E-state index contributed by atoms with van der Waals surface area (Å²) in [6.07, 6.45) is 1.12. The van der Waals surface area contributed by atoms with E-state index in [-0.39, 0.29) is 5.41 Å². The third-order valence-corrected chi connectivity index (χ3v) is 4.54. The van der Waals surface area contributed by atoms with Crippen LogP contribution in [0.5, 0.6) is 0 Å².